The molecule has 32 heavy (non-hydrogen) atoms. The maximum Gasteiger partial charge on any atom is 0.207 e. The molecule has 168 valence electrons. The van der Waals surface area contributed by atoms with Gasteiger partial charge in [-0.3, -0.25) is 0 Å². The van der Waals surface area contributed by atoms with Crippen molar-refractivity contribution in [2.75, 3.05) is 29.5 Å². The Morgan fingerprint density at radius 1 is 1.16 bits per heavy atom. The Hall–Kier alpha value is -3.33. The van der Waals surface area contributed by atoms with Crippen LogP contribution in [0.15, 0.2) is 54.3 Å². The number of methoxy groups -OCH3 is 1. The number of para-hydroxylation sites is 2. The van der Waals surface area contributed by atoms with E-state index in [0.29, 0.717) is 29.5 Å². The maximum absolute atomic E-state index is 11.7. The summed E-state index contributed by atoms with van der Waals surface area (Å²) in [6.45, 7) is 3.91. The van der Waals surface area contributed by atoms with E-state index in [-0.39, 0.29) is 11.8 Å². The molecule has 0 spiro atoms. The zero-order valence-electron chi connectivity index (χ0n) is 18.5. The molecule has 1 atom stereocenters. The van der Waals surface area contributed by atoms with Crippen LogP contribution in [0.3, 0.4) is 0 Å². The largest absolute Gasteiger partial charge is 0.497 e. The van der Waals surface area contributed by atoms with Crippen molar-refractivity contribution in [1.29, 1.82) is 0 Å². The molecule has 0 aliphatic carbocycles. The van der Waals surface area contributed by atoms with Gasteiger partial charge in [-0.2, -0.15) is 5.06 Å². The average Bonchev–Trinajstić information content (AvgIpc) is 3.09. The minimum absolute atomic E-state index is 0.0268. The van der Waals surface area contributed by atoms with E-state index < -0.39 is 9.84 Å². The number of anilines is 3. The summed E-state index contributed by atoms with van der Waals surface area (Å²) in [4.78, 5) is 15.5. The molecule has 2 heterocycles. The average molecular weight is 455 g/mol. The Kier molecular flexibility index (Phi) is 5.92. The molecule has 4 rings (SSSR count). The van der Waals surface area contributed by atoms with E-state index in [1.54, 1.807) is 12.2 Å². The van der Waals surface area contributed by atoms with Gasteiger partial charge >= 0.3 is 0 Å². The summed E-state index contributed by atoms with van der Waals surface area (Å²) in [6.07, 6.45) is 3.60. The van der Waals surface area contributed by atoms with Crippen LogP contribution in [0.5, 0.6) is 5.75 Å². The first kappa shape index (κ1) is 21.9. The van der Waals surface area contributed by atoms with Crippen molar-refractivity contribution in [2.24, 2.45) is 0 Å². The van der Waals surface area contributed by atoms with E-state index in [9.17, 15) is 8.42 Å². The third kappa shape index (κ3) is 4.77. The summed E-state index contributed by atoms with van der Waals surface area (Å²) in [5.41, 5.74) is 3.02. The van der Waals surface area contributed by atoms with Gasteiger partial charge in [0.05, 0.1) is 29.9 Å². The first-order chi connectivity index (χ1) is 15.2. The van der Waals surface area contributed by atoms with Gasteiger partial charge in [0.2, 0.25) is 5.82 Å². The smallest absolute Gasteiger partial charge is 0.207 e. The highest BCUT2D eigenvalue weighted by Crippen LogP contribution is 2.34. The Morgan fingerprint density at radius 3 is 2.50 bits per heavy atom. The van der Waals surface area contributed by atoms with Gasteiger partial charge in [0.25, 0.3) is 0 Å². The van der Waals surface area contributed by atoms with Crippen molar-refractivity contribution in [3.8, 4) is 5.75 Å². The number of benzene rings is 2. The first-order valence-electron chi connectivity index (χ1n) is 10.3. The number of hydrogen-bond donors (Lipinski definition) is 1. The summed E-state index contributed by atoms with van der Waals surface area (Å²) in [5, 5.41) is 5.08. The van der Waals surface area contributed by atoms with Gasteiger partial charge in [-0.15, -0.1) is 0 Å². The van der Waals surface area contributed by atoms with Gasteiger partial charge < -0.3 is 14.9 Å². The molecule has 1 N–H and O–H groups in total. The fourth-order valence-electron chi connectivity index (χ4n) is 3.58. The van der Waals surface area contributed by atoms with Crippen LogP contribution >= 0.6 is 0 Å². The SMILES string of the molecule is COc1ccc(CCS(C)(=O)=O)c(Nc2nc3ccccc3nc2N2OC(C)=CC2C)c1. The molecule has 0 radical (unpaired) electrons. The van der Waals surface area contributed by atoms with Crippen molar-refractivity contribution < 1.29 is 18.0 Å². The number of aromatic nitrogens is 2. The predicted molar refractivity (Wildman–Crippen MR) is 126 cm³/mol. The summed E-state index contributed by atoms with van der Waals surface area (Å²) in [5.74, 6) is 2.52. The Morgan fingerprint density at radius 2 is 1.88 bits per heavy atom. The number of rotatable bonds is 7. The number of allylic oxidation sites excluding steroid dienone is 1. The van der Waals surface area contributed by atoms with Crippen LogP contribution in [0, 0.1) is 0 Å². The molecule has 2 aromatic carbocycles. The molecule has 0 saturated carbocycles. The lowest BCUT2D eigenvalue weighted by atomic mass is 10.1. The van der Waals surface area contributed by atoms with Crippen molar-refractivity contribution >= 4 is 38.2 Å². The van der Waals surface area contributed by atoms with Crippen molar-refractivity contribution in [3.05, 3.63) is 59.9 Å². The van der Waals surface area contributed by atoms with Crippen LogP contribution < -0.4 is 15.1 Å². The maximum atomic E-state index is 11.7. The normalized spacial score (nSPS) is 16.1. The fraction of sp³-hybridized carbons (Fsp3) is 0.304. The highest BCUT2D eigenvalue weighted by molar-refractivity contribution is 7.90. The summed E-state index contributed by atoms with van der Waals surface area (Å²) < 4.78 is 28.9. The second-order valence-corrected chi connectivity index (χ2v) is 10.1. The first-order valence-corrected chi connectivity index (χ1v) is 12.3. The molecule has 1 unspecified atom stereocenters. The van der Waals surface area contributed by atoms with Crippen LogP contribution in [-0.4, -0.2) is 43.5 Å². The molecule has 0 bridgehead atoms. The number of hydroxylamine groups is 1. The Balaban J connectivity index is 1.79. The molecule has 0 fully saturated rings. The highest BCUT2D eigenvalue weighted by Gasteiger charge is 2.27. The van der Waals surface area contributed by atoms with Gasteiger partial charge in [0, 0.05) is 18.0 Å². The number of hydrogen-bond acceptors (Lipinski definition) is 8. The molecule has 0 amide bonds. The molecule has 8 nitrogen and oxygen atoms in total. The lowest BCUT2D eigenvalue weighted by Crippen LogP contribution is -2.28. The van der Waals surface area contributed by atoms with Gasteiger partial charge in [-0.25, -0.2) is 18.4 Å². The van der Waals surface area contributed by atoms with Crippen LogP contribution in [0.4, 0.5) is 17.3 Å². The van der Waals surface area contributed by atoms with Gasteiger partial charge in [0.15, 0.2) is 5.82 Å². The fourth-order valence-corrected chi connectivity index (χ4v) is 4.17. The van der Waals surface area contributed by atoms with E-state index in [0.717, 1.165) is 22.4 Å². The molecule has 3 aromatic rings. The van der Waals surface area contributed by atoms with E-state index in [4.69, 9.17) is 19.5 Å². The number of nitrogens with zero attached hydrogens (tertiary/aromatic N) is 3. The third-order valence-electron chi connectivity index (χ3n) is 5.16. The topological polar surface area (TPSA) is 93.7 Å². The van der Waals surface area contributed by atoms with E-state index in [2.05, 4.69) is 5.32 Å². The van der Waals surface area contributed by atoms with Crippen LogP contribution in [-0.2, 0) is 21.1 Å². The number of ether oxygens (including phenoxy) is 1. The Bertz CT molecular complexity index is 1290. The number of sulfone groups is 1. The lowest BCUT2D eigenvalue weighted by Gasteiger charge is -2.24. The molecule has 1 aliphatic rings. The van der Waals surface area contributed by atoms with Gasteiger partial charge in [-0.1, -0.05) is 18.2 Å². The Labute approximate surface area is 187 Å². The molecule has 1 aromatic heterocycles. The van der Waals surface area contributed by atoms with Crippen molar-refractivity contribution in [1.82, 2.24) is 9.97 Å². The second-order valence-electron chi connectivity index (χ2n) is 7.85. The standard InChI is InChI=1S/C23H26N4O4S/c1-15-13-16(2)31-27(15)23-22(24-19-7-5-6-8-20(19)26-23)25-21-14-18(30-3)10-9-17(21)11-12-32(4,28)29/h5-10,13-15H,11-12H2,1-4H3,(H,24,25). The molecular weight excluding hydrogens is 428 g/mol. The second kappa shape index (κ2) is 8.66. The zero-order valence-corrected chi connectivity index (χ0v) is 19.3. The molecule has 0 saturated heterocycles. The zero-order chi connectivity index (χ0) is 22.9. The number of nitrogens with one attached hydrogen (secondary N) is 1. The summed E-state index contributed by atoms with van der Waals surface area (Å²) in [7, 11) is -1.53. The minimum atomic E-state index is -3.11. The van der Waals surface area contributed by atoms with E-state index in [1.807, 2.05) is 62.4 Å². The number of fused-ring (bicyclic) bond motifs is 1. The van der Waals surface area contributed by atoms with Crippen molar-refractivity contribution in [3.63, 3.8) is 0 Å². The minimum Gasteiger partial charge on any atom is -0.497 e. The van der Waals surface area contributed by atoms with Crippen LogP contribution in [0.1, 0.15) is 19.4 Å². The van der Waals surface area contributed by atoms with Gasteiger partial charge in [0.1, 0.15) is 21.3 Å². The monoisotopic (exact) mass is 454 g/mol. The molecule has 9 heteroatoms. The number of aryl methyl sites for hydroxylation is 1. The van der Waals surface area contributed by atoms with Crippen molar-refractivity contribution in [2.45, 2.75) is 26.3 Å². The highest BCUT2D eigenvalue weighted by atomic mass is 32.2. The molecular formula is C23H26N4O4S. The van der Waals surface area contributed by atoms with E-state index in [1.165, 1.54) is 6.26 Å². The summed E-state index contributed by atoms with van der Waals surface area (Å²) in [6, 6.07) is 13.1. The molecule has 1 aliphatic heterocycles. The van der Waals surface area contributed by atoms with Crippen LogP contribution in [0.2, 0.25) is 0 Å². The predicted octanol–water partition coefficient (Wildman–Crippen LogP) is 4.01. The van der Waals surface area contributed by atoms with E-state index >= 15 is 0 Å². The van der Waals surface area contributed by atoms with Crippen LogP contribution in [0.25, 0.3) is 11.0 Å². The quantitative estimate of drug-likeness (QED) is 0.572. The third-order valence-corrected chi connectivity index (χ3v) is 6.11. The van der Waals surface area contributed by atoms with Gasteiger partial charge in [-0.05, 0) is 50.1 Å². The lowest BCUT2D eigenvalue weighted by molar-refractivity contribution is 0.196. The summed E-state index contributed by atoms with van der Waals surface area (Å²) >= 11 is 0.